The summed E-state index contributed by atoms with van der Waals surface area (Å²) < 4.78 is 0. The van der Waals surface area contributed by atoms with Crippen LogP contribution in [0.25, 0.3) is 0 Å². The summed E-state index contributed by atoms with van der Waals surface area (Å²) in [5.41, 5.74) is 5.79. The van der Waals surface area contributed by atoms with Gasteiger partial charge in [-0.15, -0.1) is 0 Å². The van der Waals surface area contributed by atoms with Crippen LogP contribution in [0.1, 0.15) is 38.5 Å². The van der Waals surface area contributed by atoms with Gasteiger partial charge in [0.2, 0.25) is 5.91 Å². The molecule has 4 aliphatic rings. The second kappa shape index (κ2) is 3.96. The van der Waals surface area contributed by atoms with Crippen molar-refractivity contribution in [1.29, 1.82) is 0 Å². The Balaban J connectivity index is 1.38. The van der Waals surface area contributed by atoms with Crippen LogP contribution in [0.2, 0.25) is 0 Å². The molecule has 4 aliphatic carbocycles. The molecule has 0 aromatic rings. The molecule has 0 aromatic carbocycles. The number of fused-ring (bicyclic) bond motifs is 5. The monoisotopic (exact) mass is 248 g/mol. The lowest BCUT2D eigenvalue weighted by Gasteiger charge is -2.20. The minimum absolute atomic E-state index is 0.368. The van der Waals surface area contributed by atoms with Gasteiger partial charge in [0, 0.05) is 12.0 Å². The molecule has 0 saturated heterocycles. The van der Waals surface area contributed by atoms with Crippen molar-refractivity contribution < 1.29 is 4.79 Å². The van der Waals surface area contributed by atoms with E-state index in [-0.39, 0.29) is 0 Å². The molecular formula is C15H24N2O. The molecule has 3 nitrogen and oxygen atoms in total. The van der Waals surface area contributed by atoms with Crippen LogP contribution in [0, 0.1) is 35.5 Å². The van der Waals surface area contributed by atoms with E-state index >= 15 is 0 Å². The van der Waals surface area contributed by atoms with E-state index in [1.807, 2.05) is 0 Å². The van der Waals surface area contributed by atoms with Crippen LogP contribution in [0.3, 0.4) is 0 Å². The highest BCUT2D eigenvalue weighted by Gasteiger charge is 2.67. The summed E-state index contributed by atoms with van der Waals surface area (Å²) in [6.45, 7) is 0.730. The van der Waals surface area contributed by atoms with Crippen LogP contribution in [-0.4, -0.2) is 18.5 Å². The van der Waals surface area contributed by atoms with Crippen molar-refractivity contribution in [3.8, 4) is 0 Å². The molecule has 4 rings (SSSR count). The summed E-state index contributed by atoms with van der Waals surface area (Å²) in [6.07, 6.45) is 7.78. The number of amides is 1. The number of hydrogen-bond acceptors (Lipinski definition) is 2. The van der Waals surface area contributed by atoms with Gasteiger partial charge in [-0.3, -0.25) is 4.79 Å². The van der Waals surface area contributed by atoms with Crippen molar-refractivity contribution in [3.63, 3.8) is 0 Å². The smallest absolute Gasteiger partial charge is 0.223 e. The standard InChI is InChI=1S/C15H24N2O/c16-7-10-2-1-3-11(10)17-15(18)14-12-8-4-5-9(6-8)13(12)14/h8-14H,1-7,16H2,(H,17,18). The highest BCUT2D eigenvalue weighted by Crippen LogP contribution is 2.69. The second-order valence-electron chi connectivity index (χ2n) is 7.06. The predicted molar refractivity (Wildman–Crippen MR) is 69.6 cm³/mol. The number of hydrogen-bond donors (Lipinski definition) is 2. The van der Waals surface area contributed by atoms with E-state index in [2.05, 4.69) is 5.32 Å². The quantitative estimate of drug-likeness (QED) is 0.795. The Labute approximate surface area is 109 Å². The van der Waals surface area contributed by atoms with Gasteiger partial charge in [-0.25, -0.2) is 0 Å². The Bertz CT molecular complexity index is 354. The first kappa shape index (κ1) is 11.3. The fraction of sp³-hybridized carbons (Fsp3) is 0.933. The number of nitrogens with one attached hydrogen (secondary N) is 1. The molecule has 18 heavy (non-hydrogen) atoms. The Morgan fingerprint density at radius 2 is 1.83 bits per heavy atom. The van der Waals surface area contributed by atoms with Gasteiger partial charge in [0.25, 0.3) is 0 Å². The van der Waals surface area contributed by atoms with Crippen LogP contribution < -0.4 is 11.1 Å². The van der Waals surface area contributed by atoms with Crippen molar-refractivity contribution >= 4 is 5.91 Å². The summed E-state index contributed by atoms with van der Waals surface area (Å²) in [4.78, 5) is 12.4. The largest absolute Gasteiger partial charge is 0.353 e. The van der Waals surface area contributed by atoms with E-state index in [0.29, 0.717) is 23.8 Å². The Kier molecular flexibility index (Phi) is 2.48. The van der Waals surface area contributed by atoms with Gasteiger partial charge < -0.3 is 11.1 Å². The van der Waals surface area contributed by atoms with E-state index in [0.717, 1.165) is 36.6 Å². The first-order chi connectivity index (χ1) is 8.79. The minimum atomic E-state index is 0.368. The first-order valence-electron chi connectivity index (χ1n) is 7.80. The van der Waals surface area contributed by atoms with E-state index in [1.54, 1.807) is 0 Å². The highest BCUT2D eigenvalue weighted by atomic mass is 16.2. The van der Waals surface area contributed by atoms with E-state index < -0.39 is 0 Å². The first-order valence-corrected chi connectivity index (χ1v) is 7.80. The molecule has 1 amide bonds. The fourth-order valence-corrected chi connectivity index (χ4v) is 5.46. The third kappa shape index (κ3) is 1.49. The molecule has 0 radical (unpaired) electrons. The number of carbonyl (C=O) groups is 1. The Morgan fingerprint density at radius 1 is 1.11 bits per heavy atom. The summed E-state index contributed by atoms with van der Waals surface area (Å²) in [6, 6.07) is 0.376. The average Bonchev–Trinajstić information content (AvgIpc) is 2.73. The summed E-state index contributed by atoms with van der Waals surface area (Å²) >= 11 is 0. The Morgan fingerprint density at radius 3 is 2.50 bits per heavy atom. The van der Waals surface area contributed by atoms with Crippen molar-refractivity contribution in [2.75, 3.05) is 6.54 Å². The maximum atomic E-state index is 12.4. The molecular weight excluding hydrogens is 224 g/mol. The van der Waals surface area contributed by atoms with Crippen molar-refractivity contribution in [3.05, 3.63) is 0 Å². The van der Waals surface area contributed by atoms with Crippen LogP contribution in [0.4, 0.5) is 0 Å². The van der Waals surface area contributed by atoms with E-state index in [9.17, 15) is 4.79 Å². The summed E-state index contributed by atoms with van der Waals surface area (Å²) in [5.74, 6) is 4.60. The lowest BCUT2D eigenvalue weighted by molar-refractivity contribution is -0.124. The third-order valence-electron chi connectivity index (χ3n) is 6.33. The molecule has 3 heteroatoms. The highest BCUT2D eigenvalue weighted by molar-refractivity contribution is 5.83. The molecule has 0 heterocycles. The predicted octanol–water partition coefficient (Wildman–Crippen LogP) is 1.52. The molecule has 0 aromatic heterocycles. The summed E-state index contributed by atoms with van der Waals surface area (Å²) in [5, 5.41) is 3.32. The van der Waals surface area contributed by atoms with Gasteiger partial charge in [-0.2, -0.15) is 0 Å². The molecule has 6 atom stereocenters. The van der Waals surface area contributed by atoms with Crippen molar-refractivity contribution in [2.24, 2.45) is 41.2 Å². The SMILES string of the molecule is NCC1CCCC1NC(=O)C1C2C3CCC(C3)C12. The normalized spacial score (nSPS) is 52.4. The maximum absolute atomic E-state index is 12.4. The topological polar surface area (TPSA) is 55.1 Å². The van der Waals surface area contributed by atoms with Crippen LogP contribution in [-0.2, 0) is 4.79 Å². The van der Waals surface area contributed by atoms with Crippen molar-refractivity contribution in [1.82, 2.24) is 5.32 Å². The van der Waals surface area contributed by atoms with E-state index in [1.165, 1.54) is 32.1 Å². The summed E-state index contributed by atoms with van der Waals surface area (Å²) in [7, 11) is 0. The number of rotatable bonds is 3. The molecule has 4 saturated carbocycles. The van der Waals surface area contributed by atoms with E-state index in [4.69, 9.17) is 5.73 Å². The zero-order valence-electron chi connectivity index (χ0n) is 11.0. The van der Waals surface area contributed by atoms with Gasteiger partial charge in [0.1, 0.15) is 0 Å². The molecule has 6 unspecified atom stereocenters. The molecule has 0 aliphatic heterocycles. The van der Waals surface area contributed by atoms with Gasteiger partial charge >= 0.3 is 0 Å². The lowest BCUT2D eigenvalue weighted by Crippen LogP contribution is -2.41. The van der Waals surface area contributed by atoms with Gasteiger partial charge in [-0.1, -0.05) is 6.42 Å². The van der Waals surface area contributed by atoms with Gasteiger partial charge in [0.15, 0.2) is 0 Å². The molecule has 100 valence electrons. The van der Waals surface area contributed by atoms with Crippen LogP contribution in [0.15, 0.2) is 0 Å². The van der Waals surface area contributed by atoms with Crippen LogP contribution >= 0.6 is 0 Å². The third-order valence-corrected chi connectivity index (χ3v) is 6.33. The zero-order valence-corrected chi connectivity index (χ0v) is 11.0. The van der Waals surface area contributed by atoms with Gasteiger partial charge in [-0.05, 0) is 68.2 Å². The zero-order chi connectivity index (χ0) is 12.3. The van der Waals surface area contributed by atoms with Crippen molar-refractivity contribution in [2.45, 2.75) is 44.6 Å². The molecule has 2 bridgehead atoms. The Hall–Kier alpha value is -0.570. The molecule has 4 fully saturated rings. The molecule has 0 spiro atoms. The second-order valence-corrected chi connectivity index (χ2v) is 7.06. The van der Waals surface area contributed by atoms with Gasteiger partial charge in [0.05, 0.1) is 0 Å². The maximum Gasteiger partial charge on any atom is 0.223 e. The molecule has 3 N–H and O–H groups in total. The average molecular weight is 248 g/mol. The van der Waals surface area contributed by atoms with Crippen LogP contribution in [0.5, 0.6) is 0 Å². The lowest BCUT2D eigenvalue weighted by atomic mass is 10.0. The fourth-order valence-electron chi connectivity index (χ4n) is 5.46. The number of carbonyl (C=O) groups excluding carboxylic acids is 1. The number of nitrogens with two attached hydrogens (primary N) is 1. The minimum Gasteiger partial charge on any atom is -0.353 e.